The highest BCUT2D eigenvalue weighted by Gasteiger charge is 2.14. The second-order valence-electron chi connectivity index (χ2n) is 4.75. The normalized spacial score (nSPS) is 11.1. The topological polar surface area (TPSA) is 83.5 Å². The second kappa shape index (κ2) is 5.57. The molecule has 0 aliphatic rings. The summed E-state index contributed by atoms with van der Waals surface area (Å²) in [4.78, 5) is 11.1. The number of nitrogens with one attached hydrogen (secondary N) is 1. The van der Waals surface area contributed by atoms with Crippen LogP contribution in [0.3, 0.4) is 0 Å². The van der Waals surface area contributed by atoms with Crippen molar-refractivity contribution in [3.8, 4) is 11.1 Å². The van der Waals surface area contributed by atoms with Crippen molar-refractivity contribution in [3.05, 3.63) is 53.6 Å². The lowest BCUT2D eigenvalue weighted by atomic mass is 9.98. The molecular formula is C15H15NO4S. The van der Waals surface area contributed by atoms with E-state index in [0.717, 1.165) is 17.4 Å². The standard InChI is InChI=1S/C15H15NO4S/c1-10-5-3-4-6-12(10)13-8-7-11(15(17)18)9-14(13)16-21(2,19)20/h3-9,16H,1-2H3,(H,17,18). The van der Waals surface area contributed by atoms with Crippen molar-refractivity contribution < 1.29 is 18.3 Å². The molecule has 0 fully saturated rings. The van der Waals surface area contributed by atoms with Crippen LogP contribution in [-0.2, 0) is 10.0 Å². The average molecular weight is 305 g/mol. The minimum atomic E-state index is -3.51. The molecule has 0 spiro atoms. The van der Waals surface area contributed by atoms with E-state index >= 15 is 0 Å². The van der Waals surface area contributed by atoms with Crippen LogP contribution < -0.4 is 4.72 Å². The highest BCUT2D eigenvalue weighted by Crippen LogP contribution is 2.31. The van der Waals surface area contributed by atoms with Crippen molar-refractivity contribution in [2.75, 3.05) is 11.0 Å². The maximum Gasteiger partial charge on any atom is 0.335 e. The average Bonchev–Trinajstić information content (AvgIpc) is 2.37. The molecule has 0 aromatic heterocycles. The fourth-order valence-corrected chi connectivity index (χ4v) is 2.64. The van der Waals surface area contributed by atoms with Gasteiger partial charge in [0.05, 0.1) is 17.5 Å². The summed E-state index contributed by atoms with van der Waals surface area (Å²) in [5.74, 6) is -1.11. The molecule has 0 radical (unpaired) electrons. The lowest BCUT2D eigenvalue weighted by Crippen LogP contribution is -2.11. The van der Waals surface area contributed by atoms with Crippen LogP contribution in [0.1, 0.15) is 15.9 Å². The van der Waals surface area contributed by atoms with E-state index in [-0.39, 0.29) is 11.3 Å². The van der Waals surface area contributed by atoms with Crippen LogP contribution in [0.4, 0.5) is 5.69 Å². The molecule has 0 amide bonds. The van der Waals surface area contributed by atoms with Crippen LogP contribution >= 0.6 is 0 Å². The summed E-state index contributed by atoms with van der Waals surface area (Å²) in [5, 5.41) is 9.05. The molecule has 2 aromatic carbocycles. The molecule has 2 aromatic rings. The number of anilines is 1. The van der Waals surface area contributed by atoms with E-state index in [4.69, 9.17) is 5.11 Å². The van der Waals surface area contributed by atoms with Gasteiger partial charge in [0.2, 0.25) is 10.0 Å². The minimum Gasteiger partial charge on any atom is -0.478 e. The quantitative estimate of drug-likeness (QED) is 0.909. The van der Waals surface area contributed by atoms with E-state index in [9.17, 15) is 13.2 Å². The van der Waals surface area contributed by atoms with Crippen LogP contribution in [0.25, 0.3) is 11.1 Å². The first kappa shape index (κ1) is 15.1. The fraction of sp³-hybridized carbons (Fsp3) is 0.133. The first-order chi connectivity index (χ1) is 9.78. The number of hydrogen-bond donors (Lipinski definition) is 2. The molecule has 0 saturated carbocycles. The Hall–Kier alpha value is -2.34. The molecule has 0 aliphatic heterocycles. The Balaban J connectivity index is 2.65. The smallest absolute Gasteiger partial charge is 0.335 e. The first-order valence-electron chi connectivity index (χ1n) is 6.19. The van der Waals surface area contributed by atoms with Crippen LogP contribution in [0.5, 0.6) is 0 Å². The predicted octanol–water partition coefficient (Wildman–Crippen LogP) is 2.73. The van der Waals surface area contributed by atoms with Gasteiger partial charge in [0.25, 0.3) is 0 Å². The number of benzene rings is 2. The van der Waals surface area contributed by atoms with Gasteiger partial charge in [0, 0.05) is 5.56 Å². The van der Waals surface area contributed by atoms with E-state index in [1.54, 1.807) is 6.07 Å². The van der Waals surface area contributed by atoms with Crippen molar-refractivity contribution in [2.45, 2.75) is 6.92 Å². The van der Waals surface area contributed by atoms with E-state index in [0.29, 0.717) is 5.56 Å². The number of hydrogen-bond acceptors (Lipinski definition) is 3. The zero-order valence-electron chi connectivity index (χ0n) is 11.6. The maximum absolute atomic E-state index is 11.5. The molecule has 21 heavy (non-hydrogen) atoms. The van der Waals surface area contributed by atoms with Gasteiger partial charge in [0.15, 0.2) is 0 Å². The number of aryl methyl sites for hydroxylation is 1. The third kappa shape index (κ3) is 3.61. The molecule has 0 saturated heterocycles. The summed E-state index contributed by atoms with van der Waals surface area (Å²) in [5.41, 5.74) is 2.74. The Morgan fingerprint density at radius 1 is 1.10 bits per heavy atom. The van der Waals surface area contributed by atoms with Gasteiger partial charge >= 0.3 is 5.97 Å². The van der Waals surface area contributed by atoms with Crippen LogP contribution in [0, 0.1) is 6.92 Å². The number of rotatable bonds is 4. The fourth-order valence-electron chi connectivity index (χ4n) is 2.07. The number of carboxylic acids is 1. The van der Waals surface area contributed by atoms with E-state index in [1.807, 2.05) is 31.2 Å². The largest absolute Gasteiger partial charge is 0.478 e. The lowest BCUT2D eigenvalue weighted by molar-refractivity contribution is 0.0697. The molecule has 2 N–H and O–H groups in total. The van der Waals surface area contributed by atoms with Gasteiger partial charge in [-0.25, -0.2) is 13.2 Å². The highest BCUT2D eigenvalue weighted by atomic mass is 32.2. The summed E-state index contributed by atoms with van der Waals surface area (Å²) in [6.07, 6.45) is 1.03. The Morgan fingerprint density at radius 2 is 1.76 bits per heavy atom. The molecule has 0 unspecified atom stereocenters. The first-order valence-corrected chi connectivity index (χ1v) is 8.08. The molecule has 0 aliphatic carbocycles. The van der Waals surface area contributed by atoms with E-state index in [1.165, 1.54) is 12.1 Å². The SMILES string of the molecule is Cc1ccccc1-c1ccc(C(=O)O)cc1NS(C)(=O)=O. The monoisotopic (exact) mass is 305 g/mol. The van der Waals surface area contributed by atoms with Gasteiger partial charge in [-0.05, 0) is 30.2 Å². The van der Waals surface area contributed by atoms with Gasteiger partial charge < -0.3 is 5.11 Å². The summed E-state index contributed by atoms with van der Waals surface area (Å²) in [6, 6.07) is 11.9. The Morgan fingerprint density at radius 3 is 2.33 bits per heavy atom. The van der Waals surface area contributed by atoms with Crippen molar-refractivity contribution in [2.24, 2.45) is 0 Å². The second-order valence-corrected chi connectivity index (χ2v) is 6.50. The molecule has 6 heteroatoms. The molecular weight excluding hydrogens is 290 g/mol. The summed E-state index contributed by atoms with van der Waals surface area (Å²) in [6.45, 7) is 1.91. The van der Waals surface area contributed by atoms with Gasteiger partial charge in [-0.15, -0.1) is 0 Å². The van der Waals surface area contributed by atoms with Crippen LogP contribution in [0.2, 0.25) is 0 Å². The molecule has 0 heterocycles. The summed E-state index contributed by atoms with van der Waals surface area (Å²) in [7, 11) is -3.51. The third-order valence-electron chi connectivity index (χ3n) is 3.00. The van der Waals surface area contributed by atoms with Crippen LogP contribution in [0.15, 0.2) is 42.5 Å². The molecule has 5 nitrogen and oxygen atoms in total. The summed E-state index contributed by atoms with van der Waals surface area (Å²) < 4.78 is 25.4. The van der Waals surface area contributed by atoms with Gasteiger partial charge in [-0.3, -0.25) is 4.72 Å². The Labute approximate surface area is 123 Å². The van der Waals surface area contributed by atoms with Crippen molar-refractivity contribution in [1.82, 2.24) is 0 Å². The number of sulfonamides is 1. The third-order valence-corrected chi connectivity index (χ3v) is 3.59. The minimum absolute atomic E-state index is 0.0264. The van der Waals surface area contributed by atoms with Crippen LogP contribution in [-0.4, -0.2) is 25.7 Å². The maximum atomic E-state index is 11.5. The Kier molecular flexibility index (Phi) is 3.99. The zero-order chi connectivity index (χ0) is 15.6. The summed E-state index contributed by atoms with van der Waals surface area (Å²) >= 11 is 0. The van der Waals surface area contributed by atoms with Crippen molar-refractivity contribution >= 4 is 21.7 Å². The van der Waals surface area contributed by atoms with Crippen molar-refractivity contribution in [3.63, 3.8) is 0 Å². The molecule has 2 rings (SSSR count). The zero-order valence-corrected chi connectivity index (χ0v) is 12.4. The number of carbonyl (C=O) groups is 1. The highest BCUT2D eigenvalue weighted by molar-refractivity contribution is 7.92. The Bertz CT molecular complexity index is 797. The number of carboxylic acid groups (broad SMARTS) is 1. The van der Waals surface area contributed by atoms with Crippen molar-refractivity contribution in [1.29, 1.82) is 0 Å². The van der Waals surface area contributed by atoms with E-state index < -0.39 is 16.0 Å². The van der Waals surface area contributed by atoms with Gasteiger partial charge in [-0.2, -0.15) is 0 Å². The predicted molar refractivity (Wildman–Crippen MR) is 82.0 cm³/mol. The molecule has 0 bridgehead atoms. The number of aromatic carboxylic acids is 1. The lowest BCUT2D eigenvalue weighted by Gasteiger charge is -2.13. The molecule has 110 valence electrons. The van der Waals surface area contributed by atoms with Gasteiger partial charge in [-0.1, -0.05) is 30.3 Å². The van der Waals surface area contributed by atoms with Gasteiger partial charge in [0.1, 0.15) is 0 Å². The van der Waals surface area contributed by atoms with E-state index in [2.05, 4.69) is 4.72 Å². The molecule has 0 atom stereocenters.